The second kappa shape index (κ2) is 8.52. The smallest absolute Gasteiger partial charge is 0.341 e. The van der Waals surface area contributed by atoms with Crippen molar-refractivity contribution in [3.63, 3.8) is 0 Å². The Hall–Kier alpha value is -2.41. The van der Waals surface area contributed by atoms with E-state index in [4.69, 9.17) is 4.74 Å². The van der Waals surface area contributed by atoms with Gasteiger partial charge in [-0.2, -0.15) is 0 Å². The molecule has 1 aliphatic carbocycles. The summed E-state index contributed by atoms with van der Waals surface area (Å²) in [4.78, 5) is 37.1. The van der Waals surface area contributed by atoms with Gasteiger partial charge in [-0.3, -0.25) is 9.59 Å². The van der Waals surface area contributed by atoms with E-state index in [1.165, 1.54) is 16.2 Å². The third kappa shape index (κ3) is 4.30. The molecule has 7 heteroatoms. The highest BCUT2D eigenvalue weighted by Crippen LogP contribution is 2.40. The second-order valence-electron chi connectivity index (χ2n) is 6.82. The molecule has 1 N–H and O–H groups in total. The molecular weight excluding hydrogens is 364 g/mol. The van der Waals surface area contributed by atoms with Crippen LogP contribution in [-0.4, -0.2) is 29.3 Å². The van der Waals surface area contributed by atoms with Crippen molar-refractivity contribution in [3.05, 3.63) is 40.0 Å². The maximum absolute atomic E-state index is 12.5. The molecule has 0 bridgehead atoms. The number of carbonyl (C=O) groups is 3. The number of nitrogens with one attached hydrogen (secondary N) is 1. The van der Waals surface area contributed by atoms with Crippen molar-refractivity contribution in [2.45, 2.75) is 46.1 Å². The van der Waals surface area contributed by atoms with Crippen LogP contribution in [0.3, 0.4) is 0 Å². The number of aldehydes is 1. The van der Waals surface area contributed by atoms with Crippen LogP contribution in [0.4, 0.5) is 5.00 Å². The topological polar surface area (TPSA) is 77.4 Å². The molecule has 0 aliphatic heterocycles. The Morgan fingerprint density at radius 3 is 3.00 bits per heavy atom. The van der Waals surface area contributed by atoms with E-state index in [1.807, 2.05) is 0 Å². The zero-order valence-electron chi connectivity index (χ0n) is 15.6. The zero-order chi connectivity index (χ0) is 19.4. The van der Waals surface area contributed by atoms with Crippen LogP contribution >= 0.6 is 11.3 Å². The largest absolute Gasteiger partial charge is 0.462 e. The van der Waals surface area contributed by atoms with Crippen molar-refractivity contribution in [1.82, 2.24) is 4.57 Å². The number of nitrogens with zero attached hydrogens (tertiary/aromatic N) is 1. The van der Waals surface area contributed by atoms with Gasteiger partial charge in [0.15, 0.2) is 6.29 Å². The number of amides is 1. The highest BCUT2D eigenvalue weighted by Gasteiger charge is 2.29. The van der Waals surface area contributed by atoms with Crippen molar-refractivity contribution < 1.29 is 19.1 Å². The van der Waals surface area contributed by atoms with E-state index < -0.39 is 0 Å². The lowest BCUT2D eigenvalue weighted by Gasteiger charge is -2.18. The molecule has 1 aliphatic rings. The molecule has 27 heavy (non-hydrogen) atoms. The normalized spacial score (nSPS) is 15.9. The second-order valence-corrected chi connectivity index (χ2v) is 7.92. The molecule has 6 nitrogen and oxygen atoms in total. The Bertz CT molecular complexity index is 852. The van der Waals surface area contributed by atoms with Crippen molar-refractivity contribution in [1.29, 1.82) is 0 Å². The predicted octanol–water partition coefficient (Wildman–Crippen LogP) is 3.69. The average Bonchev–Trinajstić information content (AvgIpc) is 3.23. The van der Waals surface area contributed by atoms with E-state index >= 15 is 0 Å². The number of rotatable bonds is 7. The lowest BCUT2D eigenvalue weighted by molar-refractivity contribution is -0.116. The molecule has 1 atom stereocenters. The van der Waals surface area contributed by atoms with Gasteiger partial charge >= 0.3 is 5.97 Å². The number of hydrogen-bond donors (Lipinski definition) is 1. The summed E-state index contributed by atoms with van der Waals surface area (Å²) in [5.74, 6) is 0.0245. The average molecular weight is 388 g/mol. The first kappa shape index (κ1) is 19.4. The van der Waals surface area contributed by atoms with Crippen LogP contribution < -0.4 is 5.32 Å². The monoisotopic (exact) mass is 388 g/mol. The number of thiophene rings is 1. The number of carbonyl (C=O) groups excluding carboxylic acids is 3. The van der Waals surface area contributed by atoms with Crippen LogP contribution in [0.25, 0.3) is 0 Å². The van der Waals surface area contributed by atoms with Gasteiger partial charge in [0.05, 0.1) is 17.9 Å². The summed E-state index contributed by atoms with van der Waals surface area (Å²) in [6.07, 6.45) is 5.55. The number of ether oxygens (including phenoxy) is 1. The van der Waals surface area contributed by atoms with Gasteiger partial charge in [0.2, 0.25) is 5.91 Å². The van der Waals surface area contributed by atoms with Gasteiger partial charge in [-0.25, -0.2) is 4.79 Å². The van der Waals surface area contributed by atoms with Crippen LogP contribution in [0.2, 0.25) is 0 Å². The van der Waals surface area contributed by atoms with E-state index in [9.17, 15) is 14.4 Å². The molecule has 2 heterocycles. The van der Waals surface area contributed by atoms with E-state index in [0.717, 1.165) is 31.1 Å². The molecular formula is C20H24N2O4S. The first-order valence-corrected chi connectivity index (χ1v) is 10.1. The molecule has 0 fully saturated rings. The summed E-state index contributed by atoms with van der Waals surface area (Å²) in [5.41, 5.74) is 2.09. The predicted molar refractivity (Wildman–Crippen MR) is 105 cm³/mol. The lowest BCUT2D eigenvalue weighted by Crippen LogP contribution is -2.18. The molecule has 3 rings (SSSR count). The Kier molecular flexibility index (Phi) is 6.11. The summed E-state index contributed by atoms with van der Waals surface area (Å²) in [7, 11) is 0. The van der Waals surface area contributed by atoms with Crippen molar-refractivity contribution in [3.8, 4) is 0 Å². The summed E-state index contributed by atoms with van der Waals surface area (Å²) in [6.45, 7) is 4.69. The number of anilines is 1. The summed E-state index contributed by atoms with van der Waals surface area (Å²) in [6, 6.07) is 3.48. The van der Waals surface area contributed by atoms with E-state index in [-0.39, 0.29) is 18.3 Å². The minimum Gasteiger partial charge on any atom is -0.462 e. The standard InChI is InChI=1S/C20H24N2O4S/c1-3-26-20(25)18-15-7-6-13(2)11-16(15)27-19(18)21-17(24)8-10-22-9-4-5-14(22)12-23/h4-5,9,12-13H,3,6-8,10-11H2,1-2H3,(H,21,24). The van der Waals surface area contributed by atoms with Gasteiger partial charge in [-0.05, 0) is 49.8 Å². The number of aryl methyl sites for hydroxylation is 1. The molecule has 1 unspecified atom stereocenters. The van der Waals surface area contributed by atoms with Crippen molar-refractivity contribution >= 4 is 34.5 Å². The molecule has 0 saturated heterocycles. The molecule has 0 saturated carbocycles. The molecule has 1 amide bonds. The van der Waals surface area contributed by atoms with E-state index in [1.54, 1.807) is 29.8 Å². The van der Waals surface area contributed by atoms with Crippen LogP contribution in [0.1, 0.15) is 58.0 Å². The van der Waals surface area contributed by atoms with Crippen LogP contribution in [-0.2, 0) is 28.9 Å². The van der Waals surface area contributed by atoms with Gasteiger partial charge in [0.25, 0.3) is 0 Å². The van der Waals surface area contributed by atoms with E-state index in [0.29, 0.717) is 35.3 Å². The number of esters is 1. The Labute approximate surface area is 162 Å². The first-order valence-electron chi connectivity index (χ1n) is 9.25. The fraction of sp³-hybridized carbons (Fsp3) is 0.450. The van der Waals surface area contributed by atoms with Gasteiger partial charge in [-0.1, -0.05) is 6.92 Å². The minimum atomic E-state index is -0.367. The number of aromatic nitrogens is 1. The first-order chi connectivity index (χ1) is 13.0. The summed E-state index contributed by atoms with van der Waals surface area (Å²) < 4.78 is 6.96. The highest BCUT2D eigenvalue weighted by molar-refractivity contribution is 7.17. The minimum absolute atomic E-state index is 0.183. The van der Waals surface area contributed by atoms with Crippen LogP contribution in [0.15, 0.2) is 18.3 Å². The third-order valence-corrected chi connectivity index (χ3v) is 5.98. The maximum atomic E-state index is 12.5. The van der Waals surface area contributed by atoms with Crippen LogP contribution in [0.5, 0.6) is 0 Å². The molecule has 0 radical (unpaired) electrons. The van der Waals surface area contributed by atoms with Crippen LogP contribution in [0, 0.1) is 5.92 Å². The van der Waals surface area contributed by atoms with E-state index in [2.05, 4.69) is 12.2 Å². The Morgan fingerprint density at radius 1 is 1.44 bits per heavy atom. The van der Waals surface area contributed by atoms with Crippen molar-refractivity contribution in [2.24, 2.45) is 5.92 Å². The molecule has 2 aromatic heterocycles. The van der Waals surface area contributed by atoms with Gasteiger partial charge in [0, 0.05) is 24.0 Å². The van der Waals surface area contributed by atoms with Gasteiger partial charge < -0.3 is 14.6 Å². The molecule has 0 spiro atoms. The summed E-state index contributed by atoms with van der Waals surface area (Å²) in [5, 5.41) is 3.48. The third-order valence-electron chi connectivity index (χ3n) is 4.81. The highest BCUT2D eigenvalue weighted by atomic mass is 32.1. The fourth-order valence-electron chi connectivity index (χ4n) is 3.41. The number of hydrogen-bond acceptors (Lipinski definition) is 5. The quantitative estimate of drug-likeness (QED) is 0.580. The molecule has 144 valence electrons. The van der Waals surface area contributed by atoms with Gasteiger partial charge in [0.1, 0.15) is 5.00 Å². The Balaban J connectivity index is 1.76. The lowest BCUT2D eigenvalue weighted by atomic mass is 9.88. The van der Waals surface area contributed by atoms with Crippen molar-refractivity contribution in [2.75, 3.05) is 11.9 Å². The molecule has 2 aromatic rings. The SMILES string of the molecule is CCOC(=O)c1c(NC(=O)CCn2cccc2C=O)sc2c1CCC(C)C2. The Morgan fingerprint density at radius 2 is 2.26 bits per heavy atom. The summed E-state index contributed by atoms with van der Waals surface area (Å²) >= 11 is 1.48. The zero-order valence-corrected chi connectivity index (χ0v) is 16.4. The molecule has 0 aromatic carbocycles. The van der Waals surface area contributed by atoms with Gasteiger partial charge in [-0.15, -0.1) is 11.3 Å². The fourth-order valence-corrected chi connectivity index (χ4v) is 4.82. The maximum Gasteiger partial charge on any atom is 0.341 e. The number of fused-ring (bicyclic) bond motifs is 1.